The zero-order chi connectivity index (χ0) is 13.7. The van der Waals surface area contributed by atoms with Crippen molar-refractivity contribution in [1.82, 2.24) is 4.98 Å². The molecule has 1 aromatic heterocycles. The normalized spacial score (nSPS) is 10.2. The van der Waals surface area contributed by atoms with Gasteiger partial charge in [0.2, 0.25) is 0 Å². The quantitative estimate of drug-likeness (QED) is 0.848. The third kappa shape index (κ3) is 3.67. The van der Waals surface area contributed by atoms with Crippen LogP contribution in [-0.4, -0.2) is 12.1 Å². The molecule has 98 valence electrons. The average molecular weight is 295 g/mol. The number of ether oxygens (including phenoxy) is 2. The van der Waals surface area contributed by atoms with Gasteiger partial charge in [-0.25, -0.2) is 4.98 Å². The SMILES string of the molecule is COCc1nc(COc2ccc(Cl)cc2)sc1C#N. The molecule has 1 heterocycles. The molecule has 1 aromatic carbocycles. The molecule has 0 aliphatic heterocycles. The first kappa shape index (κ1) is 13.8. The lowest BCUT2D eigenvalue weighted by molar-refractivity contribution is 0.181. The topological polar surface area (TPSA) is 55.1 Å². The van der Waals surface area contributed by atoms with Gasteiger partial charge in [0.05, 0.1) is 12.3 Å². The summed E-state index contributed by atoms with van der Waals surface area (Å²) in [6.07, 6.45) is 0. The summed E-state index contributed by atoms with van der Waals surface area (Å²) in [5, 5.41) is 10.4. The van der Waals surface area contributed by atoms with E-state index in [-0.39, 0.29) is 0 Å². The van der Waals surface area contributed by atoms with Gasteiger partial charge in [-0.05, 0) is 24.3 Å². The molecule has 19 heavy (non-hydrogen) atoms. The summed E-state index contributed by atoms with van der Waals surface area (Å²) in [6.45, 7) is 0.658. The number of rotatable bonds is 5. The highest BCUT2D eigenvalue weighted by Crippen LogP contribution is 2.21. The zero-order valence-corrected chi connectivity index (χ0v) is 11.8. The summed E-state index contributed by atoms with van der Waals surface area (Å²) in [6, 6.07) is 9.21. The molecule has 0 bridgehead atoms. The Morgan fingerprint density at radius 2 is 2.05 bits per heavy atom. The Balaban J connectivity index is 2.03. The Morgan fingerprint density at radius 1 is 1.32 bits per heavy atom. The van der Waals surface area contributed by atoms with Crippen molar-refractivity contribution in [1.29, 1.82) is 5.26 Å². The van der Waals surface area contributed by atoms with Crippen molar-refractivity contribution in [2.24, 2.45) is 0 Å². The van der Waals surface area contributed by atoms with Crippen LogP contribution in [0.3, 0.4) is 0 Å². The van der Waals surface area contributed by atoms with E-state index in [4.69, 9.17) is 26.3 Å². The fourth-order valence-corrected chi connectivity index (χ4v) is 2.36. The average Bonchev–Trinajstić information content (AvgIpc) is 2.81. The molecular formula is C13H11ClN2O2S. The van der Waals surface area contributed by atoms with E-state index in [9.17, 15) is 0 Å². The first-order valence-electron chi connectivity index (χ1n) is 5.49. The molecule has 0 unspecified atom stereocenters. The van der Waals surface area contributed by atoms with Crippen molar-refractivity contribution in [3.63, 3.8) is 0 Å². The van der Waals surface area contributed by atoms with E-state index >= 15 is 0 Å². The van der Waals surface area contributed by atoms with Crippen LogP contribution in [0.25, 0.3) is 0 Å². The van der Waals surface area contributed by atoms with Gasteiger partial charge in [0, 0.05) is 12.1 Å². The second-order valence-corrected chi connectivity index (χ2v) is 5.19. The zero-order valence-electron chi connectivity index (χ0n) is 10.2. The molecule has 0 saturated carbocycles. The first-order valence-corrected chi connectivity index (χ1v) is 6.68. The van der Waals surface area contributed by atoms with Crippen molar-refractivity contribution in [3.05, 3.63) is 44.9 Å². The summed E-state index contributed by atoms with van der Waals surface area (Å²) in [5.74, 6) is 0.714. The van der Waals surface area contributed by atoms with E-state index in [0.717, 1.165) is 5.01 Å². The summed E-state index contributed by atoms with van der Waals surface area (Å²) in [5.41, 5.74) is 0.657. The van der Waals surface area contributed by atoms with Gasteiger partial charge in [0.1, 0.15) is 28.3 Å². The van der Waals surface area contributed by atoms with Gasteiger partial charge < -0.3 is 9.47 Å². The van der Waals surface area contributed by atoms with Crippen molar-refractivity contribution < 1.29 is 9.47 Å². The minimum Gasteiger partial charge on any atom is -0.486 e. The number of hydrogen-bond acceptors (Lipinski definition) is 5. The van der Waals surface area contributed by atoms with E-state index in [1.54, 1.807) is 31.4 Å². The van der Waals surface area contributed by atoms with Gasteiger partial charge >= 0.3 is 0 Å². The standard InChI is InChI=1S/C13H11ClN2O2S/c1-17-7-11-12(6-15)19-13(16-11)8-18-10-4-2-9(14)3-5-10/h2-5H,7-8H2,1H3. The van der Waals surface area contributed by atoms with E-state index in [1.807, 2.05) is 0 Å². The molecule has 2 rings (SSSR count). The van der Waals surface area contributed by atoms with E-state index in [1.165, 1.54) is 11.3 Å². The Hall–Kier alpha value is -1.61. The largest absolute Gasteiger partial charge is 0.486 e. The molecule has 0 amide bonds. The Bertz CT molecular complexity index is 590. The number of nitriles is 1. The number of thiazole rings is 1. The molecule has 0 saturated heterocycles. The fraction of sp³-hybridized carbons (Fsp3) is 0.231. The first-order chi connectivity index (χ1) is 9.22. The summed E-state index contributed by atoms with van der Waals surface area (Å²) < 4.78 is 10.6. The van der Waals surface area contributed by atoms with Crippen LogP contribution >= 0.6 is 22.9 Å². The highest BCUT2D eigenvalue weighted by molar-refractivity contribution is 7.12. The lowest BCUT2D eigenvalue weighted by Gasteiger charge is -2.03. The Morgan fingerprint density at radius 3 is 2.68 bits per heavy atom. The number of hydrogen-bond donors (Lipinski definition) is 0. The maximum absolute atomic E-state index is 8.98. The number of halogens is 1. The third-order valence-electron chi connectivity index (χ3n) is 2.30. The lowest BCUT2D eigenvalue weighted by atomic mass is 10.3. The molecular weight excluding hydrogens is 284 g/mol. The smallest absolute Gasteiger partial charge is 0.140 e. The maximum atomic E-state index is 8.98. The van der Waals surface area contributed by atoms with E-state index in [0.29, 0.717) is 34.6 Å². The molecule has 6 heteroatoms. The van der Waals surface area contributed by atoms with Gasteiger partial charge in [-0.1, -0.05) is 11.6 Å². The monoisotopic (exact) mass is 294 g/mol. The van der Waals surface area contributed by atoms with Crippen LogP contribution in [0, 0.1) is 11.3 Å². The van der Waals surface area contributed by atoms with Crippen LogP contribution in [0.5, 0.6) is 5.75 Å². The van der Waals surface area contributed by atoms with Crippen LogP contribution in [0.15, 0.2) is 24.3 Å². The van der Waals surface area contributed by atoms with Gasteiger partial charge in [-0.15, -0.1) is 11.3 Å². The minimum atomic E-state index is 0.324. The molecule has 0 atom stereocenters. The van der Waals surface area contributed by atoms with E-state index in [2.05, 4.69) is 11.1 Å². The minimum absolute atomic E-state index is 0.324. The Kier molecular flexibility index (Phi) is 4.74. The highest BCUT2D eigenvalue weighted by atomic mass is 35.5. The number of nitrogens with zero attached hydrogens (tertiary/aromatic N) is 2. The lowest BCUT2D eigenvalue weighted by Crippen LogP contribution is -1.96. The molecule has 0 spiro atoms. The van der Waals surface area contributed by atoms with Crippen molar-refractivity contribution in [3.8, 4) is 11.8 Å². The maximum Gasteiger partial charge on any atom is 0.140 e. The van der Waals surface area contributed by atoms with Crippen LogP contribution in [0.2, 0.25) is 5.02 Å². The molecule has 0 aliphatic rings. The Labute approximate surface area is 120 Å². The fourth-order valence-electron chi connectivity index (χ4n) is 1.46. The molecule has 4 nitrogen and oxygen atoms in total. The van der Waals surface area contributed by atoms with Crippen LogP contribution in [0.1, 0.15) is 15.6 Å². The molecule has 0 N–H and O–H groups in total. The summed E-state index contributed by atoms with van der Waals surface area (Å²) >= 11 is 7.11. The molecule has 0 aliphatic carbocycles. The third-order valence-corrected chi connectivity index (χ3v) is 3.53. The van der Waals surface area contributed by atoms with Crippen LogP contribution in [0.4, 0.5) is 0 Å². The second-order valence-electron chi connectivity index (χ2n) is 3.67. The number of aromatic nitrogens is 1. The van der Waals surface area contributed by atoms with Crippen molar-refractivity contribution >= 4 is 22.9 Å². The van der Waals surface area contributed by atoms with Gasteiger partial charge in [0.15, 0.2) is 0 Å². The van der Waals surface area contributed by atoms with Crippen molar-refractivity contribution in [2.75, 3.05) is 7.11 Å². The number of methoxy groups -OCH3 is 1. The highest BCUT2D eigenvalue weighted by Gasteiger charge is 2.11. The van der Waals surface area contributed by atoms with Crippen LogP contribution < -0.4 is 4.74 Å². The van der Waals surface area contributed by atoms with Gasteiger partial charge in [-0.2, -0.15) is 5.26 Å². The van der Waals surface area contributed by atoms with E-state index < -0.39 is 0 Å². The van der Waals surface area contributed by atoms with Crippen LogP contribution in [-0.2, 0) is 18.0 Å². The predicted octanol–water partition coefficient (Wildman–Crippen LogP) is 3.39. The second kappa shape index (κ2) is 6.53. The molecule has 2 aromatic rings. The summed E-state index contributed by atoms with van der Waals surface area (Å²) in [4.78, 5) is 4.89. The predicted molar refractivity (Wildman–Crippen MR) is 73.3 cm³/mol. The summed E-state index contributed by atoms with van der Waals surface area (Å²) in [7, 11) is 1.57. The number of benzene rings is 1. The molecule has 0 radical (unpaired) electrons. The molecule has 0 fully saturated rings. The van der Waals surface area contributed by atoms with Gasteiger partial charge in [0.25, 0.3) is 0 Å². The van der Waals surface area contributed by atoms with Gasteiger partial charge in [-0.3, -0.25) is 0 Å². The van der Waals surface area contributed by atoms with Crippen molar-refractivity contribution in [2.45, 2.75) is 13.2 Å².